The summed E-state index contributed by atoms with van der Waals surface area (Å²) in [6, 6.07) is 4.04. The molecule has 0 aliphatic heterocycles. The van der Waals surface area contributed by atoms with Gasteiger partial charge in [-0.05, 0) is 44.2 Å². The van der Waals surface area contributed by atoms with Crippen LogP contribution in [0.25, 0.3) is 0 Å². The van der Waals surface area contributed by atoms with E-state index in [0.717, 1.165) is 25.7 Å². The van der Waals surface area contributed by atoms with Crippen molar-refractivity contribution in [2.24, 2.45) is 0 Å². The Bertz CT molecular complexity index is 655. The first-order chi connectivity index (χ1) is 14.5. The summed E-state index contributed by atoms with van der Waals surface area (Å²) in [5.41, 5.74) is 0.237. The lowest BCUT2D eigenvalue weighted by atomic mass is 10.1. The van der Waals surface area contributed by atoms with Crippen LogP contribution < -0.4 is 5.32 Å². The van der Waals surface area contributed by atoms with Gasteiger partial charge in [-0.25, -0.2) is 4.79 Å². The SMILES string of the molecule is CCCCCCCCC=CCCCCCCCC(=O)Nc1ccc(C(=O)O)c(O)c1. The maximum Gasteiger partial charge on any atom is 0.339 e. The normalized spacial score (nSPS) is 11.1. The highest BCUT2D eigenvalue weighted by Gasteiger charge is 2.10. The fraction of sp³-hybridized carbons (Fsp3) is 0.600. The minimum Gasteiger partial charge on any atom is -0.507 e. The molecule has 0 aliphatic carbocycles. The second-order valence-electron chi connectivity index (χ2n) is 7.92. The molecule has 1 amide bonds. The van der Waals surface area contributed by atoms with E-state index >= 15 is 0 Å². The number of carboxylic acids is 1. The lowest BCUT2D eigenvalue weighted by molar-refractivity contribution is -0.116. The summed E-state index contributed by atoms with van der Waals surface area (Å²) >= 11 is 0. The first-order valence-corrected chi connectivity index (χ1v) is 11.6. The third kappa shape index (κ3) is 12.3. The summed E-state index contributed by atoms with van der Waals surface area (Å²) < 4.78 is 0. The predicted octanol–water partition coefficient (Wildman–Crippen LogP) is 7.07. The highest BCUT2D eigenvalue weighted by molar-refractivity contribution is 5.94. The van der Waals surface area contributed by atoms with Gasteiger partial charge < -0.3 is 15.5 Å². The third-order valence-corrected chi connectivity index (χ3v) is 5.18. The van der Waals surface area contributed by atoms with Crippen molar-refractivity contribution < 1.29 is 19.8 Å². The molecule has 0 heterocycles. The quantitative estimate of drug-likeness (QED) is 0.187. The van der Waals surface area contributed by atoms with Crippen molar-refractivity contribution in [1.29, 1.82) is 0 Å². The molecule has 0 fully saturated rings. The smallest absolute Gasteiger partial charge is 0.339 e. The first kappa shape index (κ1) is 25.7. The van der Waals surface area contributed by atoms with Crippen LogP contribution in [0.15, 0.2) is 30.4 Å². The van der Waals surface area contributed by atoms with Crippen LogP contribution in [0.2, 0.25) is 0 Å². The topological polar surface area (TPSA) is 86.6 Å². The molecular weight excluding hydrogens is 378 g/mol. The molecule has 0 unspecified atom stereocenters. The second kappa shape index (κ2) is 16.5. The van der Waals surface area contributed by atoms with Gasteiger partial charge in [0.05, 0.1) is 0 Å². The summed E-state index contributed by atoms with van der Waals surface area (Å²) in [4.78, 5) is 22.8. The molecule has 5 heteroatoms. The Morgan fingerprint density at radius 3 is 2.00 bits per heavy atom. The minimum atomic E-state index is -1.20. The van der Waals surface area contributed by atoms with Crippen molar-refractivity contribution in [3.8, 4) is 5.75 Å². The molecule has 168 valence electrons. The van der Waals surface area contributed by atoms with E-state index in [-0.39, 0.29) is 17.2 Å². The molecule has 0 atom stereocenters. The number of nitrogens with one attached hydrogen (secondary N) is 1. The molecule has 0 aromatic heterocycles. The number of hydrogen-bond acceptors (Lipinski definition) is 3. The van der Waals surface area contributed by atoms with Gasteiger partial charge in [-0.1, -0.05) is 70.4 Å². The van der Waals surface area contributed by atoms with Gasteiger partial charge in [-0.15, -0.1) is 0 Å². The fourth-order valence-corrected chi connectivity index (χ4v) is 3.37. The summed E-state index contributed by atoms with van der Waals surface area (Å²) in [5.74, 6) is -1.66. The monoisotopic (exact) mass is 417 g/mol. The molecule has 0 bridgehead atoms. The third-order valence-electron chi connectivity index (χ3n) is 5.18. The first-order valence-electron chi connectivity index (χ1n) is 11.6. The van der Waals surface area contributed by atoms with Crippen LogP contribution in [0.3, 0.4) is 0 Å². The van der Waals surface area contributed by atoms with E-state index in [1.54, 1.807) is 0 Å². The lowest BCUT2D eigenvalue weighted by Gasteiger charge is -2.07. The van der Waals surface area contributed by atoms with Crippen molar-refractivity contribution in [3.05, 3.63) is 35.9 Å². The van der Waals surface area contributed by atoms with Crippen LogP contribution >= 0.6 is 0 Å². The number of aromatic hydroxyl groups is 1. The van der Waals surface area contributed by atoms with E-state index < -0.39 is 5.97 Å². The van der Waals surface area contributed by atoms with E-state index in [2.05, 4.69) is 24.4 Å². The van der Waals surface area contributed by atoms with E-state index in [4.69, 9.17) is 5.11 Å². The van der Waals surface area contributed by atoms with Gasteiger partial charge in [-0.3, -0.25) is 4.79 Å². The summed E-state index contributed by atoms with van der Waals surface area (Å²) in [6.45, 7) is 2.25. The van der Waals surface area contributed by atoms with Crippen LogP contribution in [0.5, 0.6) is 5.75 Å². The van der Waals surface area contributed by atoms with Crippen molar-refractivity contribution in [2.45, 2.75) is 96.8 Å². The summed E-state index contributed by atoms with van der Waals surface area (Å²) in [7, 11) is 0. The van der Waals surface area contributed by atoms with Gasteiger partial charge in [0, 0.05) is 18.2 Å². The Hall–Kier alpha value is -2.30. The number of hydrogen-bond donors (Lipinski definition) is 3. The second-order valence-corrected chi connectivity index (χ2v) is 7.92. The van der Waals surface area contributed by atoms with E-state index in [9.17, 15) is 14.7 Å². The molecule has 3 N–H and O–H groups in total. The van der Waals surface area contributed by atoms with Crippen LogP contribution in [-0.4, -0.2) is 22.1 Å². The number of carbonyl (C=O) groups excluding carboxylic acids is 1. The van der Waals surface area contributed by atoms with Crippen LogP contribution in [0.1, 0.15) is 107 Å². The van der Waals surface area contributed by atoms with Gasteiger partial charge >= 0.3 is 5.97 Å². The Balaban J connectivity index is 1.99. The summed E-state index contributed by atoms with van der Waals surface area (Å²) in [5, 5.41) is 21.2. The Labute approximate surface area is 181 Å². The zero-order valence-electron chi connectivity index (χ0n) is 18.5. The number of rotatable bonds is 17. The number of amides is 1. The van der Waals surface area contributed by atoms with Crippen LogP contribution in [-0.2, 0) is 4.79 Å². The van der Waals surface area contributed by atoms with Crippen molar-refractivity contribution >= 4 is 17.6 Å². The molecule has 30 heavy (non-hydrogen) atoms. The molecule has 1 rings (SSSR count). The van der Waals surface area contributed by atoms with Gasteiger partial charge in [0.15, 0.2) is 0 Å². The van der Waals surface area contributed by atoms with Crippen molar-refractivity contribution in [1.82, 2.24) is 0 Å². The Morgan fingerprint density at radius 1 is 0.867 bits per heavy atom. The van der Waals surface area contributed by atoms with Crippen LogP contribution in [0, 0.1) is 0 Å². The average molecular weight is 418 g/mol. The molecule has 1 aromatic rings. The van der Waals surface area contributed by atoms with E-state index in [1.165, 1.54) is 76.0 Å². The Kier molecular flexibility index (Phi) is 14.1. The number of benzene rings is 1. The number of carboxylic acid groups (broad SMARTS) is 1. The molecule has 0 aliphatic rings. The number of allylic oxidation sites excluding steroid dienone is 2. The molecule has 0 radical (unpaired) electrons. The molecule has 0 spiro atoms. The van der Waals surface area contributed by atoms with Crippen molar-refractivity contribution in [2.75, 3.05) is 5.32 Å². The molecular formula is C25H39NO4. The maximum absolute atomic E-state index is 12.0. The summed E-state index contributed by atoms with van der Waals surface area (Å²) in [6.07, 6.45) is 20.9. The number of carbonyl (C=O) groups is 2. The maximum atomic E-state index is 12.0. The van der Waals surface area contributed by atoms with Gasteiger partial charge in [-0.2, -0.15) is 0 Å². The molecule has 0 saturated carbocycles. The number of phenols is 1. The zero-order chi connectivity index (χ0) is 22.0. The number of anilines is 1. The van der Waals surface area contributed by atoms with Crippen LogP contribution in [0.4, 0.5) is 5.69 Å². The fourth-order valence-electron chi connectivity index (χ4n) is 3.37. The largest absolute Gasteiger partial charge is 0.507 e. The van der Waals surface area contributed by atoms with E-state index in [1.807, 2.05) is 0 Å². The van der Waals surface area contributed by atoms with Gasteiger partial charge in [0.25, 0.3) is 0 Å². The predicted molar refractivity (Wildman–Crippen MR) is 123 cm³/mol. The lowest BCUT2D eigenvalue weighted by Crippen LogP contribution is -2.11. The Morgan fingerprint density at radius 2 is 1.43 bits per heavy atom. The van der Waals surface area contributed by atoms with Gasteiger partial charge in [0.1, 0.15) is 11.3 Å². The average Bonchev–Trinajstić information content (AvgIpc) is 2.70. The van der Waals surface area contributed by atoms with E-state index in [0.29, 0.717) is 12.1 Å². The molecule has 1 aromatic carbocycles. The number of aromatic carboxylic acids is 1. The molecule has 5 nitrogen and oxygen atoms in total. The molecule has 0 saturated heterocycles. The van der Waals surface area contributed by atoms with Crippen molar-refractivity contribution in [3.63, 3.8) is 0 Å². The zero-order valence-corrected chi connectivity index (χ0v) is 18.5. The minimum absolute atomic E-state index is 0.116. The standard InChI is InChI=1S/C25H39NO4/c1-2-3-4-5-6-7-8-9-10-11-12-13-14-15-16-17-24(28)26-21-18-19-22(25(29)30)23(27)20-21/h9-10,18-20,27H,2-8,11-17H2,1H3,(H,26,28)(H,29,30). The van der Waals surface area contributed by atoms with Gasteiger partial charge in [0.2, 0.25) is 5.91 Å². The highest BCUT2D eigenvalue weighted by Crippen LogP contribution is 2.22. The highest BCUT2D eigenvalue weighted by atomic mass is 16.4. The number of unbranched alkanes of at least 4 members (excludes halogenated alkanes) is 11.